The molecule has 0 saturated carbocycles. The molecule has 1 fully saturated rings. The number of aliphatic hydroxyl groups excluding tert-OH is 1. The third-order valence-electron chi connectivity index (χ3n) is 5.53. The van der Waals surface area contributed by atoms with E-state index < -0.39 is 17.8 Å². The molecule has 0 bridgehead atoms. The van der Waals surface area contributed by atoms with Crippen molar-refractivity contribution in [3.05, 3.63) is 23.8 Å². The van der Waals surface area contributed by atoms with E-state index >= 15 is 0 Å². The standard InChI is InChI=1S/C25H40N2O7/c1-17(2)27(15-19-14-26(16-20(19)28)24(30)34-25(3,4)5)23(29)18-9-10-21(32-7)22(13-18)33-12-8-11-31-6/h9-10,13,17,19-20,28H,8,11-12,14-16H2,1-7H3/t19-,20?/m0/s1. The summed E-state index contributed by atoms with van der Waals surface area (Å²) in [5.74, 6) is 0.582. The lowest BCUT2D eigenvalue weighted by Gasteiger charge is -2.30. The van der Waals surface area contributed by atoms with Gasteiger partial charge in [0.25, 0.3) is 5.91 Å². The van der Waals surface area contributed by atoms with Gasteiger partial charge in [0.05, 0.1) is 26.4 Å². The van der Waals surface area contributed by atoms with Crippen LogP contribution in [-0.2, 0) is 9.47 Å². The average Bonchev–Trinajstić information content (AvgIpc) is 3.13. The van der Waals surface area contributed by atoms with Crippen LogP contribution in [0, 0.1) is 5.92 Å². The molecule has 0 aliphatic carbocycles. The summed E-state index contributed by atoms with van der Waals surface area (Å²) in [5.41, 5.74) is -0.148. The van der Waals surface area contributed by atoms with Crippen LogP contribution >= 0.6 is 0 Å². The third kappa shape index (κ3) is 7.77. The minimum absolute atomic E-state index is 0.108. The van der Waals surface area contributed by atoms with Gasteiger partial charge in [-0.1, -0.05) is 0 Å². The van der Waals surface area contributed by atoms with Crippen LogP contribution in [0.1, 0.15) is 51.4 Å². The summed E-state index contributed by atoms with van der Waals surface area (Å²) in [6, 6.07) is 4.99. The summed E-state index contributed by atoms with van der Waals surface area (Å²) in [5, 5.41) is 10.6. The highest BCUT2D eigenvalue weighted by Gasteiger charge is 2.38. The van der Waals surface area contributed by atoms with Crippen LogP contribution in [0.3, 0.4) is 0 Å². The average molecular weight is 481 g/mol. The topological polar surface area (TPSA) is 97.8 Å². The van der Waals surface area contributed by atoms with E-state index in [1.54, 1.807) is 58.1 Å². The molecule has 2 amide bonds. The van der Waals surface area contributed by atoms with Crippen molar-refractivity contribution in [2.24, 2.45) is 5.92 Å². The van der Waals surface area contributed by atoms with Crippen molar-refractivity contribution >= 4 is 12.0 Å². The second-order valence-electron chi connectivity index (χ2n) is 9.82. The normalized spacial score (nSPS) is 18.2. The van der Waals surface area contributed by atoms with Gasteiger partial charge in [-0.15, -0.1) is 0 Å². The van der Waals surface area contributed by atoms with Gasteiger partial charge in [-0.3, -0.25) is 4.79 Å². The second kappa shape index (κ2) is 12.3. The van der Waals surface area contributed by atoms with Gasteiger partial charge in [0, 0.05) is 50.8 Å². The Kier molecular flexibility index (Phi) is 10.00. The Bertz CT molecular complexity index is 822. The molecular formula is C25H40N2O7. The van der Waals surface area contributed by atoms with Gasteiger partial charge in [0.1, 0.15) is 5.60 Å². The summed E-state index contributed by atoms with van der Waals surface area (Å²) >= 11 is 0. The first-order valence-electron chi connectivity index (χ1n) is 11.7. The number of carbonyl (C=O) groups excluding carboxylic acids is 2. The van der Waals surface area contributed by atoms with Crippen LogP contribution in [-0.4, -0.2) is 91.7 Å². The highest BCUT2D eigenvalue weighted by molar-refractivity contribution is 5.95. The van der Waals surface area contributed by atoms with E-state index in [1.165, 1.54) is 4.90 Å². The fourth-order valence-electron chi connectivity index (χ4n) is 3.76. The van der Waals surface area contributed by atoms with E-state index in [2.05, 4.69) is 0 Å². The first kappa shape index (κ1) is 27.7. The van der Waals surface area contributed by atoms with E-state index in [0.717, 1.165) is 0 Å². The van der Waals surface area contributed by atoms with Gasteiger partial charge >= 0.3 is 6.09 Å². The van der Waals surface area contributed by atoms with Crippen molar-refractivity contribution in [2.75, 3.05) is 47.1 Å². The Hall–Kier alpha value is -2.52. The molecule has 2 rings (SSSR count). The number of benzene rings is 1. The Morgan fingerprint density at radius 1 is 1.15 bits per heavy atom. The predicted molar refractivity (Wildman–Crippen MR) is 128 cm³/mol. The number of rotatable bonds is 10. The number of ether oxygens (including phenoxy) is 4. The molecule has 1 N–H and O–H groups in total. The maximum atomic E-state index is 13.4. The second-order valence-corrected chi connectivity index (χ2v) is 9.82. The molecule has 9 nitrogen and oxygen atoms in total. The molecule has 1 aromatic rings. The Balaban J connectivity index is 2.13. The molecule has 0 radical (unpaired) electrons. The molecule has 9 heteroatoms. The lowest BCUT2D eigenvalue weighted by atomic mass is 10.0. The van der Waals surface area contributed by atoms with Crippen LogP contribution < -0.4 is 9.47 Å². The van der Waals surface area contributed by atoms with Crippen LogP contribution in [0.15, 0.2) is 18.2 Å². The first-order valence-corrected chi connectivity index (χ1v) is 11.7. The molecule has 1 aliphatic heterocycles. The van der Waals surface area contributed by atoms with Gasteiger partial charge in [0.2, 0.25) is 0 Å². The molecule has 192 valence electrons. The molecule has 0 aromatic heterocycles. The Morgan fingerprint density at radius 3 is 2.44 bits per heavy atom. The molecule has 1 heterocycles. The predicted octanol–water partition coefficient (Wildman–Crippen LogP) is 3.19. The van der Waals surface area contributed by atoms with E-state index in [0.29, 0.717) is 49.8 Å². The molecule has 1 aromatic carbocycles. The lowest BCUT2D eigenvalue weighted by molar-refractivity contribution is 0.0269. The monoisotopic (exact) mass is 480 g/mol. The number of hydrogen-bond acceptors (Lipinski definition) is 7. The Labute approximate surface area is 202 Å². The van der Waals surface area contributed by atoms with E-state index in [9.17, 15) is 14.7 Å². The summed E-state index contributed by atoms with van der Waals surface area (Å²) in [7, 11) is 3.19. The molecule has 1 saturated heterocycles. The third-order valence-corrected chi connectivity index (χ3v) is 5.53. The fraction of sp³-hybridized carbons (Fsp3) is 0.680. The summed E-state index contributed by atoms with van der Waals surface area (Å²) in [4.78, 5) is 29.1. The molecular weight excluding hydrogens is 440 g/mol. The smallest absolute Gasteiger partial charge is 0.410 e. The molecule has 34 heavy (non-hydrogen) atoms. The van der Waals surface area contributed by atoms with Gasteiger partial charge in [-0.2, -0.15) is 0 Å². The molecule has 0 spiro atoms. The number of amides is 2. The van der Waals surface area contributed by atoms with Crippen LogP contribution in [0.4, 0.5) is 4.79 Å². The van der Waals surface area contributed by atoms with Crippen molar-refractivity contribution in [1.82, 2.24) is 9.80 Å². The molecule has 1 unspecified atom stereocenters. The highest BCUT2D eigenvalue weighted by Crippen LogP contribution is 2.30. The van der Waals surface area contributed by atoms with Gasteiger partial charge in [0.15, 0.2) is 11.5 Å². The van der Waals surface area contributed by atoms with Crippen LogP contribution in [0.2, 0.25) is 0 Å². The highest BCUT2D eigenvalue weighted by atomic mass is 16.6. The van der Waals surface area contributed by atoms with Crippen molar-refractivity contribution in [2.45, 2.75) is 58.8 Å². The zero-order valence-corrected chi connectivity index (χ0v) is 21.5. The van der Waals surface area contributed by atoms with Crippen LogP contribution in [0.25, 0.3) is 0 Å². The Morgan fingerprint density at radius 2 is 1.85 bits per heavy atom. The van der Waals surface area contributed by atoms with Crippen molar-refractivity contribution in [3.63, 3.8) is 0 Å². The minimum atomic E-state index is -0.739. The number of β-amino-alcohol motifs (C(OH)–C–C–N with tert-alkyl or cyclic N) is 1. The van der Waals surface area contributed by atoms with E-state index in [-0.39, 0.29) is 24.4 Å². The maximum absolute atomic E-state index is 13.4. The number of hydrogen-bond donors (Lipinski definition) is 1. The van der Waals surface area contributed by atoms with E-state index in [4.69, 9.17) is 18.9 Å². The summed E-state index contributed by atoms with van der Waals surface area (Å²) in [6.45, 7) is 11.1. The zero-order valence-electron chi connectivity index (χ0n) is 21.5. The van der Waals surface area contributed by atoms with Crippen molar-refractivity contribution in [1.29, 1.82) is 0 Å². The number of nitrogens with zero attached hydrogens (tertiary/aromatic N) is 2. The van der Waals surface area contributed by atoms with Crippen LogP contribution in [0.5, 0.6) is 11.5 Å². The van der Waals surface area contributed by atoms with Crippen molar-refractivity contribution < 1.29 is 33.6 Å². The SMILES string of the molecule is COCCCOc1cc(C(=O)N(C[C@@H]2CN(C(=O)OC(C)(C)C)CC2O)C(C)C)ccc1OC. The van der Waals surface area contributed by atoms with Gasteiger partial charge < -0.3 is 33.9 Å². The molecule has 2 atom stereocenters. The summed E-state index contributed by atoms with van der Waals surface area (Å²) in [6.07, 6.45) is -0.483. The van der Waals surface area contributed by atoms with Gasteiger partial charge in [-0.25, -0.2) is 4.79 Å². The zero-order chi connectivity index (χ0) is 25.5. The van der Waals surface area contributed by atoms with Gasteiger partial charge in [-0.05, 0) is 52.8 Å². The van der Waals surface area contributed by atoms with E-state index in [1.807, 2.05) is 13.8 Å². The number of likely N-dealkylation sites (tertiary alicyclic amines) is 1. The number of carbonyl (C=O) groups is 2. The largest absolute Gasteiger partial charge is 0.493 e. The summed E-state index contributed by atoms with van der Waals surface area (Å²) < 4.78 is 21.7. The lowest BCUT2D eigenvalue weighted by Crippen LogP contribution is -2.43. The number of aliphatic hydroxyl groups is 1. The quantitative estimate of drug-likeness (QED) is 0.514. The maximum Gasteiger partial charge on any atom is 0.410 e. The number of methoxy groups -OCH3 is 2. The molecule has 1 aliphatic rings. The van der Waals surface area contributed by atoms with Crippen molar-refractivity contribution in [3.8, 4) is 11.5 Å². The first-order chi connectivity index (χ1) is 16.0. The fourth-order valence-corrected chi connectivity index (χ4v) is 3.76. The minimum Gasteiger partial charge on any atom is -0.493 e.